The monoisotopic (exact) mass is 309 g/mol. The minimum absolute atomic E-state index is 0.139. The number of hydrogen-bond acceptors (Lipinski definition) is 4. The molecule has 0 spiro atoms. The van der Waals surface area contributed by atoms with Gasteiger partial charge in [0, 0.05) is 25.4 Å². The van der Waals surface area contributed by atoms with Gasteiger partial charge in [-0.25, -0.2) is 0 Å². The van der Waals surface area contributed by atoms with Crippen molar-refractivity contribution in [3.05, 3.63) is 47.8 Å². The third-order valence-electron chi connectivity index (χ3n) is 3.79. The van der Waals surface area contributed by atoms with Gasteiger partial charge >= 0.3 is 0 Å². The van der Waals surface area contributed by atoms with Crippen LogP contribution < -0.4 is 10.2 Å². The summed E-state index contributed by atoms with van der Waals surface area (Å²) in [6.45, 7) is 0.544. The number of hydrogen-bond donors (Lipinski definition) is 1. The summed E-state index contributed by atoms with van der Waals surface area (Å²) in [6.07, 6.45) is 3.95. The number of aromatic nitrogens is 2. The Balaban J connectivity index is 1.67. The molecule has 23 heavy (non-hydrogen) atoms. The van der Waals surface area contributed by atoms with E-state index in [1.807, 2.05) is 6.07 Å². The molecular weight excluding hydrogens is 294 g/mol. The van der Waals surface area contributed by atoms with Crippen LogP contribution in [0.5, 0.6) is 0 Å². The van der Waals surface area contributed by atoms with Gasteiger partial charge < -0.3 is 10.2 Å². The smallest absolute Gasteiger partial charge is 0.251 e. The number of amides is 2. The largest absolute Gasteiger partial charge is 0.340 e. The van der Waals surface area contributed by atoms with E-state index in [4.69, 9.17) is 5.26 Å². The molecule has 2 heterocycles. The van der Waals surface area contributed by atoms with Crippen LogP contribution in [0.15, 0.2) is 36.7 Å². The number of nitrogens with zero attached hydrogens (tertiary/aromatic N) is 4. The molecule has 1 atom stereocenters. The molecule has 1 aromatic carbocycles. The van der Waals surface area contributed by atoms with Crippen molar-refractivity contribution in [2.45, 2.75) is 12.5 Å². The highest BCUT2D eigenvalue weighted by Crippen LogP contribution is 2.20. The first-order valence-corrected chi connectivity index (χ1v) is 7.19. The average Bonchev–Trinajstić information content (AvgIpc) is 3.14. The van der Waals surface area contributed by atoms with Crippen LogP contribution in [0.1, 0.15) is 22.3 Å². The van der Waals surface area contributed by atoms with Crippen LogP contribution in [-0.4, -0.2) is 34.2 Å². The molecule has 0 unspecified atom stereocenters. The Morgan fingerprint density at radius 3 is 2.74 bits per heavy atom. The molecule has 116 valence electrons. The lowest BCUT2D eigenvalue weighted by Gasteiger charge is -2.15. The van der Waals surface area contributed by atoms with E-state index in [0.29, 0.717) is 24.1 Å². The zero-order valence-corrected chi connectivity index (χ0v) is 12.6. The lowest BCUT2D eigenvalue weighted by molar-refractivity contribution is -0.118. The van der Waals surface area contributed by atoms with Gasteiger partial charge in [-0.15, -0.1) is 0 Å². The first kappa shape index (κ1) is 14.8. The van der Waals surface area contributed by atoms with Gasteiger partial charge in [0.1, 0.15) is 6.04 Å². The molecule has 7 nitrogen and oxygen atoms in total. The van der Waals surface area contributed by atoms with E-state index >= 15 is 0 Å². The van der Waals surface area contributed by atoms with Gasteiger partial charge in [-0.3, -0.25) is 14.3 Å². The molecule has 1 aromatic heterocycles. The van der Waals surface area contributed by atoms with Crippen molar-refractivity contribution in [1.82, 2.24) is 15.1 Å². The SMILES string of the molecule is Cn1cc(N2CC[C@H](NC(=O)c3ccc(C#N)cc3)C2=O)cn1. The van der Waals surface area contributed by atoms with Gasteiger partial charge in [0.25, 0.3) is 5.91 Å². The first-order chi connectivity index (χ1) is 11.1. The molecule has 3 rings (SSSR count). The summed E-state index contributed by atoms with van der Waals surface area (Å²) in [7, 11) is 1.79. The van der Waals surface area contributed by atoms with E-state index in [1.165, 1.54) is 0 Å². The Morgan fingerprint density at radius 1 is 1.39 bits per heavy atom. The Bertz CT molecular complexity index is 788. The van der Waals surface area contributed by atoms with E-state index in [1.54, 1.807) is 53.3 Å². The number of anilines is 1. The molecule has 2 amide bonds. The maximum absolute atomic E-state index is 12.4. The molecule has 1 N–H and O–H groups in total. The molecule has 2 aromatic rings. The van der Waals surface area contributed by atoms with Crippen LogP contribution >= 0.6 is 0 Å². The number of carbonyl (C=O) groups is 2. The molecule has 1 saturated heterocycles. The van der Waals surface area contributed by atoms with Crippen molar-refractivity contribution in [2.75, 3.05) is 11.4 Å². The van der Waals surface area contributed by atoms with Gasteiger partial charge in [-0.1, -0.05) is 0 Å². The van der Waals surface area contributed by atoms with Crippen LogP contribution in [0, 0.1) is 11.3 Å². The predicted octanol–water partition coefficient (Wildman–Crippen LogP) is 0.827. The molecular formula is C16H15N5O2. The lowest BCUT2D eigenvalue weighted by Crippen LogP contribution is -2.41. The number of aryl methyl sites for hydroxylation is 1. The fourth-order valence-corrected chi connectivity index (χ4v) is 2.56. The fourth-order valence-electron chi connectivity index (χ4n) is 2.56. The van der Waals surface area contributed by atoms with Crippen molar-refractivity contribution in [3.63, 3.8) is 0 Å². The molecule has 0 bridgehead atoms. The van der Waals surface area contributed by atoms with E-state index in [2.05, 4.69) is 10.4 Å². The van der Waals surface area contributed by atoms with E-state index < -0.39 is 6.04 Å². The third-order valence-corrected chi connectivity index (χ3v) is 3.79. The minimum Gasteiger partial charge on any atom is -0.340 e. The Kier molecular flexibility index (Phi) is 3.81. The quantitative estimate of drug-likeness (QED) is 0.909. The maximum Gasteiger partial charge on any atom is 0.251 e. The second-order valence-electron chi connectivity index (χ2n) is 5.37. The zero-order valence-electron chi connectivity index (χ0n) is 12.6. The summed E-state index contributed by atoms with van der Waals surface area (Å²) >= 11 is 0. The normalized spacial score (nSPS) is 17.1. The molecule has 0 saturated carbocycles. The molecule has 7 heteroatoms. The summed E-state index contributed by atoms with van der Waals surface area (Å²) in [5.74, 6) is -0.458. The van der Waals surface area contributed by atoms with E-state index in [-0.39, 0.29) is 11.8 Å². The topological polar surface area (TPSA) is 91.0 Å². The number of carbonyl (C=O) groups excluding carboxylic acids is 2. The first-order valence-electron chi connectivity index (χ1n) is 7.19. The van der Waals surface area contributed by atoms with Crippen LogP contribution in [0.2, 0.25) is 0 Å². The van der Waals surface area contributed by atoms with Crippen LogP contribution in [0.4, 0.5) is 5.69 Å². The van der Waals surface area contributed by atoms with Crippen LogP contribution in [-0.2, 0) is 11.8 Å². The predicted molar refractivity (Wildman–Crippen MR) is 82.6 cm³/mol. The maximum atomic E-state index is 12.4. The van der Waals surface area contributed by atoms with Crippen molar-refractivity contribution in [1.29, 1.82) is 5.26 Å². The summed E-state index contributed by atoms with van der Waals surface area (Å²) in [4.78, 5) is 26.2. The Hall–Kier alpha value is -3.14. The number of benzene rings is 1. The van der Waals surface area contributed by atoms with Crippen molar-refractivity contribution >= 4 is 17.5 Å². The summed E-state index contributed by atoms with van der Waals surface area (Å²) in [5, 5.41) is 15.6. The minimum atomic E-state index is -0.543. The molecule has 1 aliphatic heterocycles. The second kappa shape index (κ2) is 5.93. The van der Waals surface area contributed by atoms with Crippen molar-refractivity contribution < 1.29 is 9.59 Å². The highest BCUT2D eigenvalue weighted by Gasteiger charge is 2.34. The third kappa shape index (κ3) is 2.92. The summed E-state index contributed by atoms with van der Waals surface area (Å²) in [5.41, 5.74) is 1.64. The van der Waals surface area contributed by atoms with Gasteiger partial charge in [0.15, 0.2) is 0 Å². The van der Waals surface area contributed by atoms with Crippen molar-refractivity contribution in [2.24, 2.45) is 7.05 Å². The summed E-state index contributed by atoms with van der Waals surface area (Å²) in [6, 6.07) is 7.76. The van der Waals surface area contributed by atoms with E-state index in [0.717, 1.165) is 5.69 Å². The number of nitrogens with one attached hydrogen (secondary N) is 1. The van der Waals surface area contributed by atoms with Gasteiger partial charge in [-0.05, 0) is 30.7 Å². The Labute approximate surface area is 133 Å². The summed E-state index contributed by atoms with van der Waals surface area (Å²) < 4.78 is 1.63. The second-order valence-corrected chi connectivity index (χ2v) is 5.37. The standard InChI is InChI=1S/C16H15N5O2/c1-20-10-13(9-18-20)21-7-6-14(16(21)23)19-15(22)12-4-2-11(8-17)3-5-12/h2-5,9-10,14H,6-7H2,1H3,(H,19,22)/t14-/m0/s1. The number of rotatable bonds is 3. The van der Waals surface area contributed by atoms with Gasteiger partial charge in [0.2, 0.25) is 5.91 Å². The van der Waals surface area contributed by atoms with Crippen LogP contribution in [0.25, 0.3) is 0 Å². The molecule has 1 fully saturated rings. The van der Waals surface area contributed by atoms with E-state index in [9.17, 15) is 9.59 Å². The fraction of sp³-hybridized carbons (Fsp3) is 0.250. The molecule has 0 aliphatic carbocycles. The van der Waals surface area contributed by atoms with Gasteiger partial charge in [-0.2, -0.15) is 10.4 Å². The zero-order chi connectivity index (χ0) is 16.4. The molecule has 1 aliphatic rings. The van der Waals surface area contributed by atoms with Crippen LogP contribution in [0.3, 0.4) is 0 Å². The highest BCUT2D eigenvalue weighted by atomic mass is 16.2. The van der Waals surface area contributed by atoms with Crippen molar-refractivity contribution in [3.8, 4) is 6.07 Å². The lowest BCUT2D eigenvalue weighted by atomic mass is 10.1. The number of nitriles is 1. The highest BCUT2D eigenvalue weighted by molar-refractivity contribution is 6.03. The molecule has 0 radical (unpaired) electrons. The Morgan fingerprint density at radius 2 is 2.13 bits per heavy atom. The average molecular weight is 309 g/mol. The van der Waals surface area contributed by atoms with Gasteiger partial charge in [0.05, 0.1) is 23.5 Å².